The first-order valence-corrected chi connectivity index (χ1v) is 21.6. The molecule has 314 valence electrons. The van der Waals surface area contributed by atoms with Crippen molar-refractivity contribution in [3.63, 3.8) is 0 Å². The number of hydrogen-bond acceptors (Lipinski definition) is 8. The lowest BCUT2D eigenvalue weighted by Crippen LogP contribution is -2.60. The summed E-state index contributed by atoms with van der Waals surface area (Å²) in [6, 6.07) is 3.42. The second-order valence-electron chi connectivity index (χ2n) is 14.6. The van der Waals surface area contributed by atoms with Crippen molar-refractivity contribution in [3.05, 3.63) is 35.9 Å². The van der Waals surface area contributed by atoms with E-state index in [-0.39, 0.29) is 23.8 Å². The Morgan fingerprint density at radius 1 is 0.661 bits per heavy atom. The molecule has 0 saturated carbocycles. The molecule has 0 radical (unpaired) electrons. The molecule has 1 aromatic rings. The average molecular weight is 802 g/mol. The van der Waals surface area contributed by atoms with E-state index in [0.29, 0.717) is 51.4 Å². The standard InChI is InChI=1S/C41H67N7O7S/c1-8-12-21-29-37(51)44-30(22-13-9-2)39(53)46-32(36(50)42-5)26-56-27-35(49)47(6)34(25-28-19-17-16-18-20-28)41(55)48(7)33(24-15-11-4)40(54)45-31(23-14-10-3)38(52)43-29/h16-20,29-34H,8-15,21-27H2,1-7H3,(H,42,50)(H,43,52)(H,44,51)(H,45,54)(H,46,53)/t29-,30-,31-,32+,33-,34+/m0/s1. The number of carbonyl (C=O) groups is 7. The van der Waals surface area contributed by atoms with Crippen LogP contribution in [-0.4, -0.2) is 120 Å². The molecule has 1 aliphatic rings. The summed E-state index contributed by atoms with van der Waals surface area (Å²) in [6.45, 7) is 7.89. The third-order valence-electron chi connectivity index (χ3n) is 10.2. The van der Waals surface area contributed by atoms with Gasteiger partial charge in [0.05, 0.1) is 5.75 Å². The molecule has 0 unspecified atom stereocenters. The van der Waals surface area contributed by atoms with E-state index in [4.69, 9.17) is 0 Å². The molecule has 6 atom stereocenters. The zero-order valence-electron chi connectivity index (χ0n) is 34.6. The predicted octanol–water partition coefficient (Wildman–Crippen LogP) is 3.08. The van der Waals surface area contributed by atoms with Gasteiger partial charge in [-0.05, 0) is 31.2 Å². The van der Waals surface area contributed by atoms with Crippen LogP contribution >= 0.6 is 11.8 Å². The lowest BCUT2D eigenvalue weighted by molar-refractivity contribution is -0.147. The first kappa shape index (κ1) is 48.0. The third kappa shape index (κ3) is 15.4. The number of amides is 7. The van der Waals surface area contributed by atoms with E-state index in [2.05, 4.69) is 26.6 Å². The predicted molar refractivity (Wildman–Crippen MR) is 220 cm³/mol. The molecule has 1 aromatic carbocycles. The van der Waals surface area contributed by atoms with Gasteiger partial charge in [0.25, 0.3) is 0 Å². The number of hydrogen-bond donors (Lipinski definition) is 5. The lowest BCUT2D eigenvalue weighted by Gasteiger charge is -2.35. The van der Waals surface area contributed by atoms with E-state index in [1.54, 1.807) is 14.1 Å². The Kier molecular flexibility index (Phi) is 22.2. The first-order valence-electron chi connectivity index (χ1n) is 20.4. The number of thioether (sulfide) groups is 1. The minimum atomic E-state index is -1.02. The van der Waals surface area contributed by atoms with Crippen molar-refractivity contribution in [1.82, 2.24) is 36.4 Å². The van der Waals surface area contributed by atoms with Crippen LogP contribution in [0.15, 0.2) is 30.3 Å². The molecule has 5 N–H and O–H groups in total. The summed E-state index contributed by atoms with van der Waals surface area (Å²) >= 11 is 1.14. The fraction of sp³-hybridized carbons (Fsp3) is 0.683. The highest BCUT2D eigenvalue weighted by atomic mass is 32.2. The van der Waals surface area contributed by atoms with Gasteiger partial charge >= 0.3 is 0 Å². The van der Waals surface area contributed by atoms with Crippen molar-refractivity contribution in [2.75, 3.05) is 32.6 Å². The van der Waals surface area contributed by atoms with Gasteiger partial charge in [0.15, 0.2) is 0 Å². The highest BCUT2D eigenvalue weighted by molar-refractivity contribution is 8.00. The van der Waals surface area contributed by atoms with Crippen LogP contribution in [-0.2, 0) is 40.0 Å². The van der Waals surface area contributed by atoms with Crippen LogP contribution in [0.1, 0.15) is 110 Å². The Balaban J connectivity index is 2.68. The van der Waals surface area contributed by atoms with Crippen LogP contribution in [0.3, 0.4) is 0 Å². The second kappa shape index (κ2) is 25.9. The first-order chi connectivity index (χ1) is 26.8. The van der Waals surface area contributed by atoms with Crippen molar-refractivity contribution in [1.29, 1.82) is 0 Å². The van der Waals surface area contributed by atoms with Gasteiger partial charge in [0.1, 0.15) is 36.3 Å². The van der Waals surface area contributed by atoms with E-state index >= 15 is 0 Å². The maximum absolute atomic E-state index is 14.5. The summed E-state index contributed by atoms with van der Waals surface area (Å²) in [7, 11) is 4.56. The number of rotatable bonds is 15. The molecule has 2 rings (SSSR count). The van der Waals surface area contributed by atoms with Gasteiger partial charge in [0.2, 0.25) is 41.4 Å². The Morgan fingerprint density at radius 3 is 1.61 bits per heavy atom. The summed E-state index contributed by atoms with van der Waals surface area (Å²) in [6.07, 6.45) is 6.95. The largest absolute Gasteiger partial charge is 0.357 e. The number of benzene rings is 1. The van der Waals surface area contributed by atoms with Crippen molar-refractivity contribution in [3.8, 4) is 0 Å². The van der Waals surface area contributed by atoms with Crippen LogP contribution in [0.2, 0.25) is 0 Å². The number of likely N-dealkylation sites (N-methyl/N-ethyl adjacent to an activating group) is 3. The SMILES string of the molecule is CCCC[C@@H]1NC(=O)[C@H](CCCC)NC(=O)[C@H](CCCC)N(C)C(=O)[C@@H](Cc2ccccc2)N(C)C(=O)CSC[C@H](C(=O)NC)NC(=O)[C@H](CCCC)NC1=O. The van der Waals surface area contributed by atoms with Crippen molar-refractivity contribution in [2.45, 2.75) is 147 Å². The molecular formula is C41H67N7O7S. The van der Waals surface area contributed by atoms with Crippen molar-refractivity contribution >= 4 is 53.1 Å². The normalized spacial score (nSPS) is 24.1. The quantitative estimate of drug-likeness (QED) is 0.179. The van der Waals surface area contributed by atoms with Crippen LogP contribution in [0, 0.1) is 0 Å². The average Bonchev–Trinajstić information content (AvgIpc) is 3.19. The van der Waals surface area contributed by atoms with Gasteiger partial charge in [-0.15, -0.1) is 11.8 Å². The molecule has 0 aliphatic carbocycles. The second-order valence-corrected chi connectivity index (χ2v) is 15.6. The van der Waals surface area contributed by atoms with Crippen LogP contribution in [0.25, 0.3) is 0 Å². The fourth-order valence-corrected chi connectivity index (χ4v) is 7.49. The molecule has 1 aliphatic heterocycles. The molecule has 1 heterocycles. The molecule has 56 heavy (non-hydrogen) atoms. The van der Waals surface area contributed by atoms with Gasteiger partial charge in [-0.3, -0.25) is 33.6 Å². The summed E-state index contributed by atoms with van der Waals surface area (Å²) in [5.41, 5.74) is 0.823. The summed E-state index contributed by atoms with van der Waals surface area (Å²) in [5, 5.41) is 14.0. The molecule has 0 aromatic heterocycles. The van der Waals surface area contributed by atoms with Gasteiger partial charge in [0, 0.05) is 33.3 Å². The summed E-state index contributed by atoms with van der Waals surface area (Å²) in [5.74, 6) is -3.44. The van der Waals surface area contributed by atoms with E-state index in [9.17, 15) is 33.6 Å². The molecular weight excluding hydrogens is 735 g/mol. The number of nitrogens with one attached hydrogen (secondary N) is 5. The zero-order valence-corrected chi connectivity index (χ0v) is 35.4. The Bertz CT molecular complexity index is 1430. The van der Waals surface area contributed by atoms with E-state index in [1.807, 2.05) is 58.0 Å². The van der Waals surface area contributed by atoms with E-state index in [0.717, 1.165) is 43.0 Å². The molecule has 1 saturated heterocycles. The molecule has 7 amide bonds. The minimum Gasteiger partial charge on any atom is -0.357 e. The Labute approximate surface area is 338 Å². The maximum Gasteiger partial charge on any atom is 0.246 e. The van der Waals surface area contributed by atoms with Crippen LogP contribution in [0.5, 0.6) is 0 Å². The maximum atomic E-state index is 14.5. The highest BCUT2D eigenvalue weighted by Crippen LogP contribution is 2.18. The third-order valence-corrected chi connectivity index (χ3v) is 11.2. The fourth-order valence-electron chi connectivity index (χ4n) is 6.53. The van der Waals surface area contributed by atoms with E-state index in [1.165, 1.54) is 16.8 Å². The molecule has 0 bridgehead atoms. The van der Waals surface area contributed by atoms with E-state index < -0.39 is 71.7 Å². The topological polar surface area (TPSA) is 186 Å². The van der Waals surface area contributed by atoms with Gasteiger partial charge in [-0.1, -0.05) is 109 Å². The van der Waals surface area contributed by atoms with Gasteiger partial charge < -0.3 is 36.4 Å². The molecule has 0 spiro atoms. The summed E-state index contributed by atoms with van der Waals surface area (Å²) < 4.78 is 0. The molecule has 14 nitrogen and oxygen atoms in total. The Hall–Kier alpha value is -4.14. The number of nitrogens with zero attached hydrogens (tertiary/aromatic N) is 2. The molecule has 1 fully saturated rings. The highest BCUT2D eigenvalue weighted by Gasteiger charge is 2.37. The molecule has 15 heteroatoms. The number of carbonyl (C=O) groups excluding carboxylic acids is 7. The van der Waals surface area contributed by atoms with Crippen LogP contribution in [0.4, 0.5) is 0 Å². The summed E-state index contributed by atoms with van der Waals surface area (Å²) in [4.78, 5) is 99.9. The van der Waals surface area contributed by atoms with Gasteiger partial charge in [-0.2, -0.15) is 0 Å². The van der Waals surface area contributed by atoms with Gasteiger partial charge in [-0.25, -0.2) is 0 Å². The zero-order chi connectivity index (χ0) is 41.6. The van der Waals surface area contributed by atoms with Crippen molar-refractivity contribution in [2.24, 2.45) is 0 Å². The Morgan fingerprint density at radius 2 is 1.12 bits per heavy atom. The lowest BCUT2D eigenvalue weighted by atomic mass is 10.0. The monoisotopic (exact) mass is 801 g/mol. The number of unbranched alkanes of at least 4 members (excludes halogenated alkanes) is 4. The van der Waals surface area contributed by atoms with Crippen LogP contribution < -0.4 is 26.6 Å². The van der Waals surface area contributed by atoms with Crippen molar-refractivity contribution < 1.29 is 33.6 Å². The minimum absolute atomic E-state index is 0.0459. The smallest absolute Gasteiger partial charge is 0.246 e.